The van der Waals surface area contributed by atoms with Gasteiger partial charge < -0.3 is 19.1 Å². The Balaban J connectivity index is 1.65. The molecule has 0 aliphatic carbocycles. The number of aliphatic hydroxyl groups excluding tert-OH is 1. The topological polar surface area (TPSA) is 56.5 Å². The molecular formula is C11H18N2O3. The summed E-state index contributed by atoms with van der Waals surface area (Å²) in [5, 5.41) is 9.75. The second kappa shape index (κ2) is 5.98. The number of aliphatic hydroxyl groups is 1. The Morgan fingerprint density at radius 2 is 2.31 bits per heavy atom. The van der Waals surface area contributed by atoms with Crippen molar-refractivity contribution in [3.8, 4) is 0 Å². The number of hydrogen-bond donors (Lipinski definition) is 1. The highest BCUT2D eigenvalue weighted by Crippen LogP contribution is 2.11. The van der Waals surface area contributed by atoms with Crippen LogP contribution in [-0.4, -0.2) is 46.7 Å². The summed E-state index contributed by atoms with van der Waals surface area (Å²) in [6.07, 6.45) is 6.85. The van der Waals surface area contributed by atoms with Gasteiger partial charge >= 0.3 is 0 Å². The standard InChI is InChI=1S/C11H18N2O3/c14-10(7-13-4-3-12-9-13)8-16-11-1-5-15-6-2-11/h3-4,9-11,14H,1-2,5-8H2. The van der Waals surface area contributed by atoms with Crippen LogP contribution in [0.4, 0.5) is 0 Å². The van der Waals surface area contributed by atoms with Crippen molar-refractivity contribution in [3.63, 3.8) is 0 Å². The van der Waals surface area contributed by atoms with Crippen molar-refractivity contribution in [1.29, 1.82) is 0 Å². The molecule has 2 rings (SSSR count). The first-order valence-electron chi connectivity index (χ1n) is 5.68. The molecule has 0 spiro atoms. The van der Waals surface area contributed by atoms with Crippen molar-refractivity contribution in [3.05, 3.63) is 18.7 Å². The van der Waals surface area contributed by atoms with E-state index in [1.807, 2.05) is 10.8 Å². The van der Waals surface area contributed by atoms with Crippen molar-refractivity contribution in [2.24, 2.45) is 0 Å². The minimum absolute atomic E-state index is 0.242. The number of hydrogen-bond acceptors (Lipinski definition) is 4. The third-order valence-electron chi connectivity index (χ3n) is 2.67. The highest BCUT2D eigenvalue weighted by Gasteiger charge is 2.15. The van der Waals surface area contributed by atoms with Gasteiger partial charge in [0.2, 0.25) is 0 Å². The van der Waals surface area contributed by atoms with Gasteiger partial charge in [0.25, 0.3) is 0 Å². The number of aromatic nitrogens is 2. The molecule has 1 unspecified atom stereocenters. The molecule has 5 nitrogen and oxygen atoms in total. The zero-order chi connectivity index (χ0) is 11.2. The minimum Gasteiger partial charge on any atom is -0.389 e. The molecule has 16 heavy (non-hydrogen) atoms. The van der Waals surface area contributed by atoms with Gasteiger partial charge in [-0.05, 0) is 12.8 Å². The molecule has 1 fully saturated rings. The van der Waals surface area contributed by atoms with Crippen molar-refractivity contribution in [2.45, 2.75) is 31.6 Å². The van der Waals surface area contributed by atoms with Crippen molar-refractivity contribution in [2.75, 3.05) is 19.8 Å². The van der Waals surface area contributed by atoms with E-state index in [1.54, 1.807) is 12.5 Å². The molecule has 0 amide bonds. The zero-order valence-corrected chi connectivity index (χ0v) is 9.29. The maximum Gasteiger partial charge on any atom is 0.0952 e. The minimum atomic E-state index is -0.475. The van der Waals surface area contributed by atoms with Gasteiger partial charge in [0.05, 0.1) is 31.7 Å². The van der Waals surface area contributed by atoms with E-state index in [0.29, 0.717) is 13.2 Å². The maximum absolute atomic E-state index is 9.75. The van der Waals surface area contributed by atoms with Gasteiger partial charge in [-0.15, -0.1) is 0 Å². The van der Waals surface area contributed by atoms with Crippen LogP contribution in [0.5, 0.6) is 0 Å². The van der Waals surface area contributed by atoms with E-state index >= 15 is 0 Å². The molecule has 90 valence electrons. The lowest BCUT2D eigenvalue weighted by Gasteiger charge is -2.23. The molecule has 1 saturated heterocycles. The fourth-order valence-electron chi connectivity index (χ4n) is 1.78. The normalized spacial score (nSPS) is 19.8. The van der Waals surface area contributed by atoms with Crippen LogP contribution in [0.1, 0.15) is 12.8 Å². The lowest BCUT2D eigenvalue weighted by Crippen LogP contribution is -2.29. The molecule has 1 aromatic rings. The van der Waals surface area contributed by atoms with Crippen LogP contribution in [0, 0.1) is 0 Å². The molecule has 0 aromatic carbocycles. The number of imidazole rings is 1. The maximum atomic E-state index is 9.75. The predicted octanol–water partition coefficient (Wildman–Crippen LogP) is 0.440. The van der Waals surface area contributed by atoms with Gasteiger partial charge in [-0.25, -0.2) is 4.98 Å². The van der Waals surface area contributed by atoms with Crippen LogP contribution in [-0.2, 0) is 16.0 Å². The first-order valence-corrected chi connectivity index (χ1v) is 5.68. The van der Waals surface area contributed by atoms with Crippen molar-refractivity contribution >= 4 is 0 Å². The molecule has 1 aliphatic heterocycles. The molecule has 1 aromatic heterocycles. The Labute approximate surface area is 95.0 Å². The lowest BCUT2D eigenvalue weighted by molar-refractivity contribution is -0.0617. The summed E-state index contributed by atoms with van der Waals surface area (Å²) in [7, 11) is 0. The lowest BCUT2D eigenvalue weighted by atomic mass is 10.1. The van der Waals surface area contributed by atoms with Crippen LogP contribution >= 0.6 is 0 Å². The fourth-order valence-corrected chi connectivity index (χ4v) is 1.78. The van der Waals surface area contributed by atoms with E-state index in [4.69, 9.17) is 9.47 Å². The molecule has 5 heteroatoms. The molecule has 0 bridgehead atoms. The molecule has 1 atom stereocenters. The summed E-state index contributed by atoms with van der Waals surface area (Å²) in [4.78, 5) is 3.92. The first kappa shape index (κ1) is 11.6. The van der Waals surface area contributed by atoms with Gasteiger partial charge in [0.15, 0.2) is 0 Å². The number of rotatable bonds is 5. The molecule has 0 radical (unpaired) electrons. The second-order valence-corrected chi connectivity index (χ2v) is 4.06. The van der Waals surface area contributed by atoms with Crippen LogP contribution in [0.25, 0.3) is 0 Å². The Morgan fingerprint density at radius 1 is 1.50 bits per heavy atom. The Bertz CT molecular complexity index is 283. The average Bonchev–Trinajstić information content (AvgIpc) is 2.81. The smallest absolute Gasteiger partial charge is 0.0952 e. The fraction of sp³-hybridized carbons (Fsp3) is 0.727. The predicted molar refractivity (Wildman–Crippen MR) is 58.0 cm³/mol. The van der Waals surface area contributed by atoms with E-state index in [-0.39, 0.29) is 6.10 Å². The third-order valence-corrected chi connectivity index (χ3v) is 2.67. The molecular weight excluding hydrogens is 208 g/mol. The second-order valence-electron chi connectivity index (χ2n) is 4.06. The highest BCUT2D eigenvalue weighted by atomic mass is 16.5. The summed E-state index contributed by atoms with van der Waals surface area (Å²) < 4.78 is 12.7. The van der Waals surface area contributed by atoms with E-state index in [0.717, 1.165) is 26.1 Å². The average molecular weight is 226 g/mol. The SMILES string of the molecule is OC(COC1CCOCC1)Cn1ccnc1. The first-order chi connectivity index (χ1) is 7.84. The molecule has 1 N–H and O–H groups in total. The molecule has 0 saturated carbocycles. The summed E-state index contributed by atoms with van der Waals surface area (Å²) in [6.45, 7) is 2.44. The Morgan fingerprint density at radius 3 is 3.00 bits per heavy atom. The van der Waals surface area contributed by atoms with E-state index < -0.39 is 6.10 Å². The largest absolute Gasteiger partial charge is 0.389 e. The number of ether oxygens (including phenoxy) is 2. The summed E-state index contributed by atoms with van der Waals surface area (Å²) in [6, 6.07) is 0. The van der Waals surface area contributed by atoms with Crippen LogP contribution in [0.15, 0.2) is 18.7 Å². The quantitative estimate of drug-likeness (QED) is 0.791. The molecule has 2 heterocycles. The van der Waals surface area contributed by atoms with Crippen LogP contribution in [0.2, 0.25) is 0 Å². The van der Waals surface area contributed by atoms with E-state index in [1.165, 1.54) is 0 Å². The highest BCUT2D eigenvalue weighted by molar-refractivity contribution is 4.75. The Kier molecular flexibility index (Phi) is 4.33. The van der Waals surface area contributed by atoms with Gasteiger partial charge in [-0.2, -0.15) is 0 Å². The van der Waals surface area contributed by atoms with E-state index in [9.17, 15) is 5.11 Å². The van der Waals surface area contributed by atoms with Crippen LogP contribution in [0.3, 0.4) is 0 Å². The van der Waals surface area contributed by atoms with Gasteiger partial charge in [0, 0.05) is 25.6 Å². The summed E-state index contributed by atoms with van der Waals surface area (Å²) in [5.41, 5.74) is 0. The van der Waals surface area contributed by atoms with Gasteiger partial charge in [-0.3, -0.25) is 0 Å². The monoisotopic (exact) mass is 226 g/mol. The summed E-state index contributed by atoms with van der Waals surface area (Å²) >= 11 is 0. The third kappa shape index (κ3) is 3.59. The van der Waals surface area contributed by atoms with Crippen molar-refractivity contribution < 1.29 is 14.6 Å². The zero-order valence-electron chi connectivity index (χ0n) is 9.29. The summed E-state index contributed by atoms with van der Waals surface area (Å²) in [5.74, 6) is 0. The molecule has 1 aliphatic rings. The van der Waals surface area contributed by atoms with Gasteiger partial charge in [-0.1, -0.05) is 0 Å². The van der Waals surface area contributed by atoms with Crippen LogP contribution < -0.4 is 0 Å². The van der Waals surface area contributed by atoms with E-state index in [2.05, 4.69) is 4.98 Å². The van der Waals surface area contributed by atoms with Crippen molar-refractivity contribution in [1.82, 2.24) is 9.55 Å². The van der Waals surface area contributed by atoms with Gasteiger partial charge in [0.1, 0.15) is 0 Å². The Hall–Kier alpha value is -0.910. The number of nitrogens with zero attached hydrogens (tertiary/aromatic N) is 2.